The molecule has 1 aromatic rings. The highest BCUT2D eigenvalue weighted by Crippen LogP contribution is 2.32. The van der Waals surface area contributed by atoms with Gasteiger partial charge in [-0.3, -0.25) is 14.5 Å². The van der Waals surface area contributed by atoms with Crippen molar-refractivity contribution in [1.82, 2.24) is 4.90 Å². The van der Waals surface area contributed by atoms with Crippen LogP contribution in [0.5, 0.6) is 0 Å². The van der Waals surface area contributed by atoms with Crippen molar-refractivity contribution in [3.05, 3.63) is 29.8 Å². The zero-order chi connectivity index (χ0) is 16.7. The van der Waals surface area contributed by atoms with Crippen LogP contribution in [0.3, 0.4) is 0 Å². The fourth-order valence-electron chi connectivity index (χ4n) is 3.80. The van der Waals surface area contributed by atoms with E-state index < -0.39 is 17.7 Å². The van der Waals surface area contributed by atoms with Gasteiger partial charge >= 0.3 is 0 Å². The summed E-state index contributed by atoms with van der Waals surface area (Å²) in [6, 6.07) is 3.04. The van der Waals surface area contributed by atoms with Crippen LogP contribution in [0.4, 0.5) is 14.5 Å². The fourth-order valence-corrected chi connectivity index (χ4v) is 3.80. The molecule has 1 aromatic carbocycles. The molecular weight excluding hydrogens is 302 g/mol. The number of hydrogen-bond donors (Lipinski definition) is 0. The average Bonchev–Trinajstić information content (AvgIpc) is 2.77. The quantitative estimate of drug-likeness (QED) is 0.786. The molecule has 0 aromatic heterocycles. The molecule has 0 saturated carbocycles. The molecule has 0 bridgehead atoms. The number of anilines is 1. The first-order valence-corrected chi connectivity index (χ1v) is 7.99. The van der Waals surface area contributed by atoms with Crippen LogP contribution in [-0.4, -0.2) is 34.8 Å². The molecule has 124 valence electrons. The minimum Gasteiger partial charge on any atom is -0.286 e. The summed E-state index contributed by atoms with van der Waals surface area (Å²) in [6.45, 7) is 4.13. The lowest BCUT2D eigenvalue weighted by molar-refractivity contribution is -0.124. The van der Waals surface area contributed by atoms with Crippen molar-refractivity contribution in [3.8, 4) is 0 Å². The van der Waals surface area contributed by atoms with Gasteiger partial charge in [-0.1, -0.05) is 6.42 Å². The van der Waals surface area contributed by atoms with Gasteiger partial charge in [0.1, 0.15) is 0 Å². The van der Waals surface area contributed by atoms with Crippen molar-refractivity contribution in [2.24, 2.45) is 0 Å². The predicted octanol–water partition coefficient (Wildman–Crippen LogP) is 2.86. The number of carbonyl (C=O) groups is 2. The topological polar surface area (TPSA) is 40.6 Å². The van der Waals surface area contributed by atoms with E-state index in [4.69, 9.17) is 0 Å². The average molecular weight is 322 g/mol. The number of piperidine rings is 1. The third-order valence-electron chi connectivity index (χ3n) is 4.91. The largest absolute Gasteiger partial charge is 0.286 e. The zero-order valence-electron chi connectivity index (χ0n) is 13.3. The minimum absolute atomic E-state index is 0.0898. The maximum Gasteiger partial charge on any atom is 0.251 e. The molecule has 3 rings (SSSR count). The normalized spacial score (nSPS) is 29.4. The van der Waals surface area contributed by atoms with Crippen LogP contribution in [0, 0.1) is 11.6 Å². The first-order chi connectivity index (χ1) is 10.9. The van der Waals surface area contributed by atoms with E-state index in [-0.39, 0.29) is 36.0 Å². The van der Waals surface area contributed by atoms with Crippen LogP contribution < -0.4 is 4.90 Å². The molecular formula is C17H20F2N2O2. The fraction of sp³-hybridized carbons (Fsp3) is 0.529. The second-order valence-corrected chi connectivity index (χ2v) is 6.46. The van der Waals surface area contributed by atoms with Gasteiger partial charge in [0.15, 0.2) is 11.6 Å². The number of rotatable bonds is 2. The Kier molecular flexibility index (Phi) is 4.19. The Bertz CT molecular complexity index is 639. The van der Waals surface area contributed by atoms with Gasteiger partial charge in [0.2, 0.25) is 5.91 Å². The van der Waals surface area contributed by atoms with E-state index in [0.29, 0.717) is 0 Å². The summed E-state index contributed by atoms with van der Waals surface area (Å²) in [5, 5.41) is 0. The molecule has 4 nitrogen and oxygen atoms in total. The molecule has 2 heterocycles. The van der Waals surface area contributed by atoms with E-state index in [2.05, 4.69) is 18.7 Å². The Morgan fingerprint density at radius 3 is 2.30 bits per heavy atom. The molecule has 3 atom stereocenters. The summed E-state index contributed by atoms with van der Waals surface area (Å²) in [5.74, 6) is -2.77. The number of nitrogens with zero attached hydrogens (tertiary/aromatic N) is 2. The molecule has 0 radical (unpaired) electrons. The van der Waals surface area contributed by atoms with Gasteiger partial charge in [-0.25, -0.2) is 13.7 Å². The molecule has 6 heteroatoms. The van der Waals surface area contributed by atoms with E-state index in [1.165, 1.54) is 6.07 Å². The third-order valence-corrected chi connectivity index (χ3v) is 4.91. The first kappa shape index (κ1) is 16.1. The van der Waals surface area contributed by atoms with E-state index in [1.54, 1.807) is 0 Å². The number of amides is 2. The van der Waals surface area contributed by atoms with E-state index in [0.717, 1.165) is 36.3 Å². The Balaban J connectivity index is 1.89. The molecule has 2 aliphatic rings. The lowest BCUT2D eigenvalue weighted by Crippen LogP contribution is -2.52. The Morgan fingerprint density at radius 2 is 1.70 bits per heavy atom. The van der Waals surface area contributed by atoms with Crippen molar-refractivity contribution < 1.29 is 18.4 Å². The molecule has 2 aliphatic heterocycles. The monoisotopic (exact) mass is 322 g/mol. The number of benzene rings is 1. The third kappa shape index (κ3) is 2.76. The van der Waals surface area contributed by atoms with Gasteiger partial charge in [0, 0.05) is 18.2 Å². The highest BCUT2D eigenvalue weighted by molar-refractivity contribution is 6.22. The molecule has 0 N–H and O–H groups in total. The van der Waals surface area contributed by atoms with Crippen molar-refractivity contribution in [1.29, 1.82) is 0 Å². The van der Waals surface area contributed by atoms with Crippen LogP contribution in [-0.2, 0) is 9.59 Å². The first-order valence-electron chi connectivity index (χ1n) is 7.99. The molecule has 23 heavy (non-hydrogen) atoms. The number of likely N-dealkylation sites (tertiary alicyclic amines) is 1. The Hall–Kier alpha value is -1.82. The number of halogens is 2. The maximum atomic E-state index is 13.4. The summed E-state index contributed by atoms with van der Waals surface area (Å²) in [6.07, 6.45) is 3.19. The number of hydrogen-bond acceptors (Lipinski definition) is 3. The van der Waals surface area contributed by atoms with Gasteiger partial charge in [0.05, 0.1) is 18.2 Å². The van der Waals surface area contributed by atoms with E-state index >= 15 is 0 Å². The molecule has 3 unspecified atom stereocenters. The van der Waals surface area contributed by atoms with E-state index in [1.807, 2.05) is 0 Å². The van der Waals surface area contributed by atoms with Crippen LogP contribution in [0.1, 0.15) is 39.5 Å². The van der Waals surface area contributed by atoms with Crippen LogP contribution in [0.2, 0.25) is 0 Å². The second-order valence-electron chi connectivity index (χ2n) is 6.46. The Morgan fingerprint density at radius 1 is 1.04 bits per heavy atom. The van der Waals surface area contributed by atoms with Crippen molar-refractivity contribution in [2.75, 3.05) is 4.90 Å². The summed E-state index contributed by atoms with van der Waals surface area (Å²) >= 11 is 0. The molecule has 2 fully saturated rings. The summed E-state index contributed by atoms with van der Waals surface area (Å²) < 4.78 is 26.5. The van der Waals surface area contributed by atoms with Gasteiger partial charge in [-0.05, 0) is 38.8 Å². The second kappa shape index (κ2) is 6.00. The predicted molar refractivity (Wildman–Crippen MR) is 81.9 cm³/mol. The van der Waals surface area contributed by atoms with Crippen molar-refractivity contribution >= 4 is 17.5 Å². The van der Waals surface area contributed by atoms with Crippen molar-refractivity contribution in [3.63, 3.8) is 0 Å². The van der Waals surface area contributed by atoms with Gasteiger partial charge in [-0.2, -0.15) is 0 Å². The molecule has 0 aliphatic carbocycles. The maximum absolute atomic E-state index is 13.4. The summed E-state index contributed by atoms with van der Waals surface area (Å²) in [7, 11) is 0. The SMILES string of the molecule is CC1CCCC(C)N1C1CC(=O)N(c2ccc(F)c(F)c2)C1=O. The van der Waals surface area contributed by atoms with Crippen molar-refractivity contribution in [2.45, 2.75) is 57.7 Å². The Labute approximate surface area is 134 Å². The lowest BCUT2D eigenvalue weighted by atomic mass is 9.94. The lowest BCUT2D eigenvalue weighted by Gasteiger charge is -2.41. The highest BCUT2D eigenvalue weighted by Gasteiger charge is 2.46. The standard InChI is InChI=1S/C17H20F2N2O2/c1-10-4-3-5-11(2)20(10)15-9-16(22)21(17(15)23)12-6-7-13(18)14(19)8-12/h6-8,10-11,15H,3-5,9H2,1-2H3. The minimum atomic E-state index is -1.06. The van der Waals surface area contributed by atoms with Gasteiger partial charge in [-0.15, -0.1) is 0 Å². The number of imide groups is 1. The number of carbonyl (C=O) groups excluding carboxylic acids is 2. The van der Waals surface area contributed by atoms with Crippen LogP contribution in [0.15, 0.2) is 18.2 Å². The van der Waals surface area contributed by atoms with Gasteiger partial charge in [0.25, 0.3) is 5.91 Å². The smallest absolute Gasteiger partial charge is 0.251 e. The van der Waals surface area contributed by atoms with E-state index in [9.17, 15) is 18.4 Å². The van der Waals surface area contributed by atoms with Gasteiger partial charge < -0.3 is 0 Å². The van der Waals surface area contributed by atoms with Crippen LogP contribution >= 0.6 is 0 Å². The summed E-state index contributed by atoms with van der Waals surface area (Å²) in [4.78, 5) is 28.1. The highest BCUT2D eigenvalue weighted by atomic mass is 19.2. The zero-order valence-corrected chi connectivity index (χ0v) is 13.3. The molecule has 0 spiro atoms. The molecule has 2 saturated heterocycles. The summed E-state index contributed by atoms with van der Waals surface area (Å²) in [5.41, 5.74) is 0.0960. The van der Waals surface area contributed by atoms with Crippen LogP contribution in [0.25, 0.3) is 0 Å². The molecule has 2 amide bonds.